The Morgan fingerprint density at radius 2 is 1.96 bits per heavy atom. The molecule has 0 spiro atoms. The molecule has 142 valence electrons. The lowest BCUT2D eigenvalue weighted by atomic mass is 9.98. The Bertz CT molecular complexity index is 664. The quantitative estimate of drug-likeness (QED) is 0.682. The van der Waals surface area contributed by atoms with Crippen LogP contribution in [0.25, 0.3) is 0 Å². The highest BCUT2D eigenvalue weighted by molar-refractivity contribution is 5.24. The normalized spacial score (nSPS) is 23.2. The van der Waals surface area contributed by atoms with E-state index in [1.807, 2.05) is 12.5 Å². The molecule has 0 N–H and O–H groups in total. The number of rotatable bonds is 8. The van der Waals surface area contributed by atoms with Gasteiger partial charge in [-0.15, -0.1) is 0 Å². The fraction of sp³-hybridized carbons (Fsp3) is 0.591. The summed E-state index contributed by atoms with van der Waals surface area (Å²) >= 11 is 0. The Morgan fingerprint density at radius 1 is 1.19 bits per heavy atom. The van der Waals surface area contributed by atoms with E-state index in [-0.39, 0.29) is 6.10 Å². The molecular weight excluding hydrogens is 324 g/mol. The third-order valence-corrected chi connectivity index (χ3v) is 5.07. The zero-order valence-corrected chi connectivity index (χ0v) is 16.5. The molecule has 1 aliphatic rings. The molecule has 0 amide bonds. The molecule has 0 radical (unpaired) electrons. The monoisotopic (exact) mass is 356 g/mol. The van der Waals surface area contributed by atoms with Crippen molar-refractivity contribution in [2.75, 3.05) is 6.61 Å². The lowest BCUT2D eigenvalue weighted by molar-refractivity contribution is -0.183. The summed E-state index contributed by atoms with van der Waals surface area (Å²) in [6, 6.07) is 8.95. The van der Waals surface area contributed by atoms with Gasteiger partial charge in [-0.1, -0.05) is 52.0 Å². The second-order valence-electron chi connectivity index (χ2n) is 8.22. The summed E-state index contributed by atoms with van der Waals surface area (Å²) in [5.41, 5.74) is 2.71. The largest absolute Gasteiger partial charge is 0.345 e. The zero-order valence-electron chi connectivity index (χ0n) is 16.5. The van der Waals surface area contributed by atoms with Crippen LogP contribution in [0.4, 0.5) is 0 Å². The number of aromatic nitrogens is 2. The fourth-order valence-electron chi connectivity index (χ4n) is 3.61. The van der Waals surface area contributed by atoms with Gasteiger partial charge >= 0.3 is 0 Å². The van der Waals surface area contributed by atoms with Gasteiger partial charge < -0.3 is 14.0 Å². The summed E-state index contributed by atoms with van der Waals surface area (Å²) in [5, 5.41) is 0. The van der Waals surface area contributed by atoms with Crippen LogP contribution in [0, 0.1) is 5.92 Å². The first-order valence-electron chi connectivity index (χ1n) is 9.82. The molecule has 2 atom stereocenters. The molecule has 1 aliphatic heterocycles. The molecule has 2 unspecified atom stereocenters. The van der Waals surface area contributed by atoms with E-state index in [2.05, 4.69) is 61.5 Å². The summed E-state index contributed by atoms with van der Waals surface area (Å²) in [7, 11) is 0. The summed E-state index contributed by atoms with van der Waals surface area (Å²) in [6.45, 7) is 10.3. The smallest absolute Gasteiger partial charge is 0.187 e. The molecule has 0 saturated carbocycles. The third-order valence-electron chi connectivity index (χ3n) is 5.07. The van der Waals surface area contributed by atoms with E-state index < -0.39 is 5.79 Å². The average Bonchev–Trinajstić information content (AvgIpc) is 3.24. The highest BCUT2D eigenvalue weighted by Crippen LogP contribution is 2.33. The predicted octanol–water partition coefficient (Wildman–Crippen LogP) is 4.80. The van der Waals surface area contributed by atoms with Crippen LogP contribution in [-0.2, 0) is 22.4 Å². The molecule has 2 heterocycles. The molecule has 3 rings (SSSR count). The molecule has 1 aromatic carbocycles. The van der Waals surface area contributed by atoms with E-state index in [4.69, 9.17) is 9.47 Å². The topological polar surface area (TPSA) is 36.3 Å². The van der Waals surface area contributed by atoms with Gasteiger partial charge in [-0.05, 0) is 35.8 Å². The minimum absolute atomic E-state index is 0.182. The van der Waals surface area contributed by atoms with Crippen molar-refractivity contribution in [3.8, 4) is 0 Å². The van der Waals surface area contributed by atoms with Crippen molar-refractivity contribution in [3.05, 3.63) is 54.1 Å². The fourth-order valence-corrected chi connectivity index (χ4v) is 3.61. The van der Waals surface area contributed by atoms with Crippen molar-refractivity contribution >= 4 is 0 Å². The maximum atomic E-state index is 6.45. The summed E-state index contributed by atoms with van der Waals surface area (Å²) in [5.74, 6) is 0.614. The Balaban J connectivity index is 1.67. The summed E-state index contributed by atoms with van der Waals surface area (Å²) < 4.78 is 14.7. The zero-order chi connectivity index (χ0) is 18.6. The van der Waals surface area contributed by atoms with Crippen molar-refractivity contribution in [3.63, 3.8) is 0 Å². The van der Waals surface area contributed by atoms with Crippen LogP contribution in [-0.4, -0.2) is 28.0 Å². The standard InChI is InChI=1S/C22H32N2O2/c1-17(2)13-21-14-25-22(26-21,15-24-12-11-23-16-24)10-9-19-5-7-20(8-6-19)18(3)4/h5-8,11-12,16-18,21H,9-10,13-15H2,1-4H3. The van der Waals surface area contributed by atoms with Crippen LogP contribution in [0.2, 0.25) is 0 Å². The number of aryl methyl sites for hydroxylation is 1. The average molecular weight is 357 g/mol. The van der Waals surface area contributed by atoms with Gasteiger partial charge in [0, 0.05) is 18.8 Å². The minimum atomic E-state index is -0.559. The van der Waals surface area contributed by atoms with Crippen LogP contribution >= 0.6 is 0 Å². The van der Waals surface area contributed by atoms with Crippen LogP contribution in [0.15, 0.2) is 43.0 Å². The number of ether oxygens (including phenoxy) is 2. The van der Waals surface area contributed by atoms with Crippen LogP contribution in [0.5, 0.6) is 0 Å². The molecule has 4 heteroatoms. The first-order valence-corrected chi connectivity index (χ1v) is 9.82. The van der Waals surface area contributed by atoms with E-state index in [1.165, 1.54) is 11.1 Å². The van der Waals surface area contributed by atoms with Crippen molar-refractivity contribution in [1.29, 1.82) is 0 Å². The molecule has 1 saturated heterocycles. The van der Waals surface area contributed by atoms with Gasteiger partial charge in [-0.3, -0.25) is 0 Å². The van der Waals surface area contributed by atoms with E-state index in [9.17, 15) is 0 Å². The van der Waals surface area contributed by atoms with Crippen molar-refractivity contribution in [2.24, 2.45) is 5.92 Å². The number of benzene rings is 1. The van der Waals surface area contributed by atoms with Crippen molar-refractivity contribution < 1.29 is 9.47 Å². The van der Waals surface area contributed by atoms with Gasteiger partial charge in [-0.25, -0.2) is 4.98 Å². The van der Waals surface area contributed by atoms with Crippen LogP contribution < -0.4 is 0 Å². The van der Waals surface area contributed by atoms with Gasteiger partial charge in [0.1, 0.15) is 0 Å². The molecule has 26 heavy (non-hydrogen) atoms. The highest BCUT2D eigenvalue weighted by Gasteiger charge is 2.41. The molecular formula is C22H32N2O2. The molecule has 4 nitrogen and oxygen atoms in total. The minimum Gasteiger partial charge on any atom is -0.345 e. The van der Waals surface area contributed by atoms with E-state index >= 15 is 0 Å². The summed E-state index contributed by atoms with van der Waals surface area (Å²) in [4.78, 5) is 4.16. The molecule has 1 fully saturated rings. The highest BCUT2D eigenvalue weighted by atomic mass is 16.7. The summed E-state index contributed by atoms with van der Waals surface area (Å²) in [6.07, 6.45) is 8.63. The maximum Gasteiger partial charge on any atom is 0.187 e. The SMILES string of the molecule is CC(C)CC1COC(CCc2ccc(C(C)C)cc2)(Cn2ccnc2)O1. The van der Waals surface area contributed by atoms with Gasteiger partial charge in [0.25, 0.3) is 0 Å². The first kappa shape index (κ1) is 19.1. The van der Waals surface area contributed by atoms with Gasteiger partial charge in [0.15, 0.2) is 5.79 Å². The van der Waals surface area contributed by atoms with Gasteiger partial charge in [0.05, 0.1) is 25.6 Å². The molecule has 1 aromatic heterocycles. The second kappa shape index (κ2) is 8.36. The Hall–Kier alpha value is -1.65. The molecule has 0 bridgehead atoms. The number of hydrogen-bond donors (Lipinski definition) is 0. The van der Waals surface area contributed by atoms with E-state index in [0.29, 0.717) is 25.0 Å². The maximum absolute atomic E-state index is 6.45. The molecule has 2 aromatic rings. The Kier molecular flexibility index (Phi) is 6.15. The number of hydrogen-bond acceptors (Lipinski definition) is 3. The third kappa shape index (κ3) is 4.95. The lowest BCUT2D eigenvalue weighted by Gasteiger charge is -2.29. The molecule has 0 aliphatic carbocycles. The number of nitrogens with zero attached hydrogens (tertiary/aromatic N) is 2. The van der Waals surface area contributed by atoms with E-state index in [1.54, 1.807) is 6.20 Å². The predicted molar refractivity (Wildman–Crippen MR) is 104 cm³/mol. The lowest BCUT2D eigenvalue weighted by Crippen LogP contribution is -2.36. The van der Waals surface area contributed by atoms with Crippen LogP contribution in [0.1, 0.15) is 57.6 Å². The Morgan fingerprint density at radius 3 is 2.58 bits per heavy atom. The Labute approximate surface area is 157 Å². The van der Waals surface area contributed by atoms with Crippen molar-refractivity contribution in [2.45, 2.75) is 71.3 Å². The van der Waals surface area contributed by atoms with Gasteiger partial charge in [0.2, 0.25) is 0 Å². The van der Waals surface area contributed by atoms with Crippen LogP contribution in [0.3, 0.4) is 0 Å². The van der Waals surface area contributed by atoms with Gasteiger partial charge in [-0.2, -0.15) is 0 Å². The van der Waals surface area contributed by atoms with Crippen molar-refractivity contribution in [1.82, 2.24) is 9.55 Å². The number of imidazole rings is 1. The second-order valence-corrected chi connectivity index (χ2v) is 8.22. The first-order chi connectivity index (χ1) is 12.5. The van der Waals surface area contributed by atoms with E-state index in [0.717, 1.165) is 19.3 Å².